The van der Waals surface area contributed by atoms with E-state index in [0.29, 0.717) is 112 Å². The summed E-state index contributed by atoms with van der Waals surface area (Å²) in [7, 11) is 1.76. The Bertz CT molecular complexity index is 2230. The molecule has 0 bridgehead atoms. The summed E-state index contributed by atoms with van der Waals surface area (Å²) in [4.78, 5) is 37.0. The highest BCUT2D eigenvalue weighted by atomic mass is 35.5. The third-order valence-corrected chi connectivity index (χ3v) is 9.59. The molecule has 1 aromatic heterocycles. The van der Waals surface area contributed by atoms with Crippen molar-refractivity contribution in [1.82, 2.24) is 5.32 Å². The zero-order valence-corrected chi connectivity index (χ0v) is 33.0. The lowest BCUT2D eigenvalue weighted by Crippen LogP contribution is -2.12. The van der Waals surface area contributed by atoms with Crippen molar-refractivity contribution in [2.24, 2.45) is 5.73 Å². The van der Waals surface area contributed by atoms with Gasteiger partial charge in [-0.15, -0.1) is 0 Å². The van der Waals surface area contributed by atoms with E-state index in [4.69, 9.17) is 40.7 Å². The Labute approximate surface area is 332 Å². The Balaban J connectivity index is 1.05. The molecular weight excluding hydrogens is 732 g/mol. The van der Waals surface area contributed by atoms with Gasteiger partial charge < -0.3 is 34.4 Å². The summed E-state index contributed by atoms with van der Waals surface area (Å²) in [5.41, 5.74) is 11.9. The van der Waals surface area contributed by atoms with Gasteiger partial charge in [-0.3, -0.25) is 14.4 Å². The number of hydrogen-bond donors (Lipinski definition) is 2. The second kappa shape index (κ2) is 20.5. The van der Waals surface area contributed by atoms with Crippen LogP contribution in [0.5, 0.6) is 11.5 Å². The number of hydrogen-bond acceptors (Lipinski definition) is 9. The van der Waals surface area contributed by atoms with Crippen LogP contribution >= 0.6 is 11.6 Å². The number of halogens is 1. The first-order valence-corrected chi connectivity index (χ1v) is 19.2. The van der Waals surface area contributed by atoms with Crippen LogP contribution in [0.15, 0.2) is 88.6 Å². The van der Waals surface area contributed by atoms with Crippen molar-refractivity contribution in [2.45, 2.75) is 46.0 Å². The van der Waals surface area contributed by atoms with E-state index in [-0.39, 0.29) is 5.43 Å². The third kappa shape index (κ3) is 10.9. The first-order chi connectivity index (χ1) is 27.1. The van der Waals surface area contributed by atoms with Crippen LogP contribution in [0.25, 0.3) is 39.1 Å². The van der Waals surface area contributed by atoms with Crippen LogP contribution in [-0.2, 0) is 15.9 Å². The molecule has 0 saturated carbocycles. The molecule has 0 aliphatic rings. The number of carbonyl (C=O) groups is 2. The number of ether oxygens (including phenoxy) is 4. The summed E-state index contributed by atoms with van der Waals surface area (Å²) in [6, 6.07) is 21.5. The molecular formula is C45H49ClN2O8. The predicted octanol–water partition coefficient (Wildman–Crippen LogP) is 8.80. The number of nitrogens with two attached hydrogens (primary N) is 1. The summed E-state index contributed by atoms with van der Waals surface area (Å²) < 4.78 is 29.3. The molecule has 5 aromatic rings. The second-order valence-corrected chi connectivity index (χ2v) is 13.7. The third-order valence-electron chi connectivity index (χ3n) is 9.27. The second-order valence-electron chi connectivity index (χ2n) is 13.3. The zero-order valence-electron chi connectivity index (χ0n) is 32.2. The molecule has 56 heavy (non-hydrogen) atoms. The van der Waals surface area contributed by atoms with Crippen LogP contribution in [0, 0.1) is 6.92 Å². The van der Waals surface area contributed by atoms with Gasteiger partial charge in [-0.05, 0) is 86.2 Å². The molecule has 10 nitrogen and oxygen atoms in total. The molecule has 0 aliphatic heterocycles. The number of fused-ring (bicyclic) bond motifs is 1. The van der Waals surface area contributed by atoms with Crippen molar-refractivity contribution < 1.29 is 33.0 Å². The van der Waals surface area contributed by atoms with E-state index in [2.05, 4.69) is 11.9 Å². The van der Waals surface area contributed by atoms with Crippen molar-refractivity contribution in [3.05, 3.63) is 122 Å². The van der Waals surface area contributed by atoms with Crippen LogP contribution in [0.4, 0.5) is 0 Å². The lowest BCUT2D eigenvalue weighted by atomic mass is 9.97. The highest BCUT2D eigenvalue weighted by Gasteiger charge is 2.17. The molecule has 0 fully saturated rings. The maximum atomic E-state index is 13.4. The first-order valence-electron chi connectivity index (χ1n) is 18.8. The lowest BCUT2D eigenvalue weighted by molar-refractivity contribution is 0.0351. The van der Waals surface area contributed by atoms with Gasteiger partial charge in [0, 0.05) is 53.7 Å². The maximum Gasteiger partial charge on any atom is 0.248 e. The van der Waals surface area contributed by atoms with Gasteiger partial charge in [-0.1, -0.05) is 55.3 Å². The number of rotatable bonds is 22. The van der Waals surface area contributed by atoms with Crippen molar-refractivity contribution >= 4 is 40.5 Å². The summed E-state index contributed by atoms with van der Waals surface area (Å²) in [5.74, 6) is 0.854. The average Bonchev–Trinajstić information content (AvgIpc) is 3.18. The van der Waals surface area contributed by atoms with Crippen molar-refractivity contribution in [3.8, 4) is 33.9 Å². The predicted molar refractivity (Wildman–Crippen MR) is 222 cm³/mol. The molecule has 5 rings (SSSR count). The van der Waals surface area contributed by atoms with Gasteiger partial charge in [-0.2, -0.15) is 0 Å². The van der Waals surface area contributed by atoms with Crippen LogP contribution in [-0.4, -0.2) is 58.9 Å². The van der Waals surface area contributed by atoms with E-state index < -0.39 is 5.91 Å². The molecule has 1 heterocycles. The monoisotopic (exact) mass is 780 g/mol. The molecule has 4 aromatic carbocycles. The number of aryl methyl sites for hydroxylation is 2. The molecule has 11 heteroatoms. The Morgan fingerprint density at radius 1 is 0.875 bits per heavy atom. The number of carbonyl (C=O) groups excluding carboxylic acids is 2. The number of unbranched alkanes of at least 4 members (excludes halogenated alkanes) is 3. The highest BCUT2D eigenvalue weighted by Crippen LogP contribution is 2.37. The summed E-state index contributed by atoms with van der Waals surface area (Å²) in [6.45, 7) is 10.4. The molecule has 3 N–H and O–H groups in total. The minimum Gasteiger partial charge on any atom is -0.493 e. The first kappa shape index (κ1) is 41.7. The summed E-state index contributed by atoms with van der Waals surface area (Å²) in [6.07, 6.45) is 5.71. The maximum absolute atomic E-state index is 13.4. The number of benzene rings is 4. The molecule has 0 atom stereocenters. The minimum atomic E-state index is -0.534. The topological polar surface area (TPSA) is 139 Å². The number of primary amides is 1. The summed E-state index contributed by atoms with van der Waals surface area (Å²) >= 11 is 6.75. The minimum absolute atomic E-state index is 0.222. The quantitative estimate of drug-likeness (QED) is 0.0521. The fourth-order valence-corrected chi connectivity index (χ4v) is 6.72. The van der Waals surface area contributed by atoms with Crippen LogP contribution in [0.1, 0.15) is 70.0 Å². The molecule has 0 aliphatic carbocycles. The van der Waals surface area contributed by atoms with Crippen molar-refractivity contribution in [2.75, 3.05) is 46.7 Å². The number of aldehydes is 1. The van der Waals surface area contributed by atoms with Crippen molar-refractivity contribution in [1.29, 1.82) is 0 Å². The van der Waals surface area contributed by atoms with E-state index in [1.165, 1.54) is 6.07 Å². The zero-order chi connectivity index (χ0) is 40.0. The average molecular weight is 781 g/mol. The Morgan fingerprint density at radius 2 is 1.64 bits per heavy atom. The highest BCUT2D eigenvalue weighted by molar-refractivity contribution is 6.33. The molecule has 1 amide bonds. The van der Waals surface area contributed by atoms with E-state index in [1.54, 1.807) is 37.4 Å². The standard InChI is InChI=1S/C45H49ClN2O8/c1-5-54-42-27-44-37(25-36(42)32-21-29(2)22-33(24-32)45(47)51)40(50)26-43(56-44)35-15-14-31(23-39(35)46)11-8-6-7-9-16-52-17-18-53-19-20-55-41-13-10-12-34(30(3)48-4)38(41)28-49/h10,12-15,21-28,48H,3,5-9,11,16-20H2,1-2,4H3,(H2,47,51). The SMILES string of the molecule is C=C(NC)c1cccc(OCCOCCOCCCCCCc2ccc(-c3cc(=O)c4cc(-c5cc(C)cc(C(N)=O)c5)c(OCC)cc4o3)c(Cl)c2)c1C=O. The van der Waals surface area contributed by atoms with E-state index in [9.17, 15) is 14.4 Å². The Morgan fingerprint density at radius 3 is 2.38 bits per heavy atom. The number of amides is 1. The fraction of sp³-hybridized carbons (Fsp3) is 0.311. The van der Waals surface area contributed by atoms with Gasteiger partial charge >= 0.3 is 0 Å². The Kier molecular flexibility index (Phi) is 15.3. The molecule has 0 radical (unpaired) electrons. The Hall–Kier alpha value is -5.42. The van der Waals surface area contributed by atoms with Gasteiger partial charge in [0.25, 0.3) is 0 Å². The van der Waals surface area contributed by atoms with E-state index >= 15 is 0 Å². The van der Waals surface area contributed by atoms with Gasteiger partial charge in [0.05, 0.1) is 42.4 Å². The van der Waals surface area contributed by atoms with E-state index in [0.717, 1.165) is 49.5 Å². The lowest BCUT2D eigenvalue weighted by Gasteiger charge is -2.14. The van der Waals surface area contributed by atoms with Crippen molar-refractivity contribution in [3.63, 3.8) is 0 Å². The largest absolute Gasteiger partial charge is 0.493 e. The van der Waals surface area contributed by atoms with Gasteiger partial charge in [0.15, 0.2) is 11.7 Å². The smallest absolute Gasteiger partial charge is 0.248 e. The molecule has 294 valence electrons. The summed E-state index contributed by atoms with van der Waals surface area (Å²) in [5, 5.41) is 3.84. The van der Waals surface area contributed by atoms with Crippen LogP contribution < -0.4 is 26.0 Å². The molecule has 0 unspecified atom stereocenters. The van der Waals surface area contributed by atoms with Gasteiger partial charge in [-0.25, -0.2) is 0 Å². The normalized spacial score (nSPS) is 11.1. The van der Waals surface area contributed by atoms with Gasteiger partial charge in [0.2, 0.25) is 5.91 Å². The van der Waals surface area contributed by atoms with Gasteiger partial charge in [0.1, 0.15) is 29.4 Å². The van der Waals surface area contributed by atoms with E-state index in [1.807, 2.05) is 50.2 Å². The molecule has 0 spiro atoms. The number of nitrogens with one attached hydrogen (secondary N) is 1. The van der Waals surface area contributed by atoms with Crippen LogP contribution in [0.2, 0.25) is 5.02 Å². The fourth-order valence-electron chi connectivity index (χ4n) is 6.42. The molecule has 0 saturated heterocycles. The van der Waals surface area contributed by atoms with Crippen LogP contribution in [0.3, 0.4) is 0 Å².